The Balaban J connectivity index is 1.70. The lowest BCUT2D eigenvalue weighted by molar-refractivity contribution is -0.131. The Morgan fingerprint density at radius 2 is 2.05 bits per heavy atom. The van der Waals surface area contributed by atoms with Crippen LogP contribution in [0.2, 0.25) is 0 Å². The molecule has 0 atom stereocenters. The fraction of sp³-hybridized carbons (Fsp3) is 0.333. The van der Waals surface area contributed by atoms with E-state index in [1.807, 2.05) is 35.4 Å². The summed E-state index contributed by atoms with van der Waals surface area (Å²) >= 11 is 0. The molecular formula is C18H20N2O. The van der Waals surface area contributed by atoms with Crippen LogP contribution in [0.25, 0.3) is 0 Å². The number of hydrogen-bond acceptors (Lipinski definition) is 2. The number of carbonyl (C=O) groups is 1. The average Bonchev–Trinajstić information content (AvgIpc) is 3.30. The molecule has 0 radical (unpaired) electrons. The van der Waals surface area contributed by atoms with Crippen LogP contribution in [0.15, 0.2) is 48.8 Å². The molecule has 1 heterocycles. The van der Waals surface area contributed by atoms with Gasteiger partial charge in [-0.15, -0.1) is 0 Å². The molecule has 3 heteroatoms. The van der Waals surface area contributed by atoms with Crippen LogP contribution in [0, 0.1) is 6.92 Å². The number of rotatable bonds is 5. The predicted octanol–water partition coefficient (Wildman–Crippen LogP) is 3.12. The Morgan fingerprint density at radius 1 is 1.24 bits per heavy atom. The van der Waals surface area contributed by atoms with Gasteiger partial charge in [0.25, 0.3) is 0 Å². The maximum Gasteiger partial charge on any atom is 0.227 e. The SMILES string of the molecule is Cc1cccc(CC(=O)N(Cc2cccnc2)C2CC2)c1. The molecule has 21 heavy (non-hydrogen) atoms. The second-order valence-corrected chi connectivity index (χ2v) is 5.78. The van der Waals surface area contributed by atoms with E-state index in [0.717, 1.165) is 24.0 Å². The molecule has 2 aromatic rings. The normalized spacial score (nSPS) is 14.0. The van der Waals surface area contributed by atoms with Gasteiger partial charge in [0.2, 0.25) is 5.91 Å². The number of nitrogens with zero attached hydrogens (tertiary/aromatic N) is 2. The maximum absolute atomic E-state index is 12.6. The third-order valence-electron chi connectivity index (χ3n) is 3.82. The second kappa shape index (κ2) is 6.08. The number of pyridine rings is 1. The van der Waals surface area contributed by atoms with Gasteiger partial charge >= 0.3 is 0 Å². The van der Waals surface area contributed by atoms with Crippen molar-refractivity contribution in [2.24, 2.45) is 0 Å². The van der Waals surface area contributed by atoms with Crippen molar-refractivity contribution in [3.05, 3.63) is 65.5 Å². The van der Waals surface area contributed by atoms with Gasteiger partial charge in [-0.3, -0.25) is 9.78 Å². The number of aromatic nitrogens is 1. The summed E-state index contributed by atoms with van der Waals surface area (Å²) in [4.78, 5) is 18.8. The molecule has 1 aromatic heterocycles. The van der Waals surface area contributed by atoms with Crippen LogP contribution in [0.3, 0.4) is 0 Å². The number of amides is 1. The summed E-state index contributed by atoms with van der Waals surface area (Å²) < 4.78 is 0. The summed E-state index contributed by atoms with van der Waals surface area (Å²) in [6, 6.07) is 12.6. The smallest absolute Gasteiger partial charge is 0.227 e. The molecule has 1 amide bonds. The molecule has 1 aliphatic rings. The highest BCUT2D eigenvalue weighted by Gasteiger charge is 2.32. The number of carbonyl (C=O) groups excluding carboxylic acids is 1. The Kier molecular flexibility index (Phi) is 4.00. The molecule has 0 spiro atoms. The number of aryl methyl sites for hydroxylation is 1. The van der Waals surface area contributed by atoms with E-state index >= 15 is 0 Å². The Morgan fingerprint density at radius 3 is 2.71 bits per heavy atom. The largest absolute Gasteiger partial charge is 0.335 e. The van der Waals surface area contributed by atoms with Gasteiger partial charge in [0.05, 0.1) is 6.42 Å². The minimum absolute atomic E-state index is 0.215. The van der Waals surface area contributed by atoms with Crippen LogP contribution >= 0.6 is 0 Å². The molecule has 0 unspecified atom stereocenters. The van der Waals surface area contributed by atoms with Gasteiger partial charge in [0.15, 0.2) is 0 Å². The molecule has 1 fully saturated rings. The average molecular weight is 280 g/mol. The highest BCUT2D eigenvalue weighted by Crippen LogP contribution is 2.29. The van der Waals surface area contributed by atoms with Crippen molar-refractivity contribution in [1.82, 2.24) is 9.88 Å². The Hall–Kier alpha value is -2.16. The van der Waals surface area contributed by atoms with Crippen molar-refractivity contribution >= 4 is 5.91 Å². The highest BCUT2D eigenvalue weighted by molar-refractivity contribution is 5.79. The molecule has 3 rings (SSSR count). The monoisotopic (exact) mass is 280 g/mol. The summed E-state index contributed by atoms with van der Waals surface area (Å²) in [5.74, 6) is 0.215. The van der Waals surface area contributed by atoms with E-state index in [4.69, 9.17) is 0 Å². The predicted molar refractivity (Wildman–Crippen MR) is 82.7 cm³/mol. The van der Waals surface area contributed by atoms with Crippen molar-refractivity contribution in [1.29, 1.82) is 0 Å². The summed E-state index contributed by atoms with van der Waals surface area (Å²) in [7, 11) is 0. The molecular weight excluding hydrogens is 260 g/mol. The standard InChI is InChI=1S/C18H20N2O/c1-14-4-2-5-15(10-14)11-18(21)20(17-7-8-17)13-16-6-3-9-19-12-16/h2-6,9-10,12,17H,7-8,11,13H2,1H3. The minimum atomic E-state index is 0.215. The van der Waals surface area contributed by atoms with Gasteiger partial charge in [0, 0.05) is 25.0 Å². The van der Waals surface area contributed by atoms with Gasteiger partial charge in [-0.25, -0.2) is 0 Å². The molecule has 0 saturated heterocycles. The zero-order valence-corrected chi connectivity index (χ0v) is 12.3. The topological polar surface area (TPSA) is 33.2 Å². The van der Waals surface area contributed by atoms with E-state index in [9.17, 15) is 4.79 Å². The van der Waals surface area contributed by atoms with Crippen LogP contribution in [0.5, 0.6) is 0 Å². The van der Waals surface area contributed by atoms with Crippen molar-refractivity contribution in [3.63, 3.8) is 0 Å². The molecule has 1 aromatic carbocycles. The van der Waals surface area contributed by atoms with Gasteiger partial charge in [-0.05, 0) is 37.0 Å². The fourth-order valence-corrected chi connectivity index (χ4v) is 2.59. The van der Waals surface area contributed by atoms with Crippen molar-refractivity contribution in [2.75, 3.05) is 0 Å². The lowest BCUT2D eigenvalue weighted by Gasteiger charge is -2.22. The molecule has 1 aliphatic carbocycles. The first kappa shape index (κ1) is 13.8. The maximum atomic E-state index is 12.6. The third kappa shape index (κ3) is 3.69. The van der Waals surface area contributed by atoms with Gasteiger partial charge in [0.1, 0.15) is 0 Å². The van der Waals surface area contributed by atoms with Gasteiger partial charge < -0.3 is 4.90 Å². The van der Waals surface area contributed by atoms with E-state index in [0.29, 0.717) is 19.0 Å². The fourth-order valence-electron chi connectivity index (χ4n) is 2.59. The van der Waals surface area contributed by atoms with Gasteiger partial charge in [-0.1, -0.05) is 35.9 Å². The highest BCUT2D eigenvalue weighted by atomic mass is 16.2. The van der Waals surface area contributed by atoms with E-state index < -0.39 is 0 Å². The zero-order valence-electron chi connectivity index (χ0n) is 12.3. The summed E-state index contributed by atoms with van der Waals surface area (Å²) in [6.07, 6.45) is 6.34. The van der Waals surface area contributed by atoms with Gasteiger partial charge in [-0.2, -0.15) is 0 Å². The Bertz CT molecular complexity index is 620. The van der Waals surface area contributed by atoms with E-state index in [2.05, 4.69) is 24.0 Å². The molecule has 3 nitrogen and oxygen atoms in total. The van der Waals surface area contributed by atoms with Crippen LogP contribution in [0.1, 0.15) is 29.5 Å². The molecule has 0 N–H and O–H groups in total. The Labute approximate surface area is 125 Å². The van der Waals surface area contributed by atoms with E-state index in [1.54, 1.807) is 6.20 Å². The summed E-state index contributed by atoms with van der Waals surface area (Å²) in [5, 5.41) is 0. The number of hydrogen-bond donors (Lipinski definition) is 0. The van der Waals surface area contributed by atoms with Crippen molar-refractivity contribution in [3.8, 4) is 0 Å². The molecule has 1 saturated carbocycles. The van der Waals surface area contributed by atoms with Crippen LogP contribution in [0.4, 0.5) is 0 Å². The minimum Gasteiger partial charge on any atom is -0.335 e. The third-order valence-corrected chi connectivity index (χ3v) is 3.82. The molecule has 108 valence electrons. The zero-order chi connectivity index (χ0) is 14.7. The van der Waals surface area contributed by atoms with Crippen LogP contribution in [-0.4, -0.2) is 21.8 Å². The second-order valence-electron chi connectivity index (χ2n) is 5.78. The molecule has 0 bridgehead atoms. The first-order valence-electron chi connectivity index (χ1n) is 7.46. The quantitative estimate of drug-likeness (QED) is 0.843. The van der Waals surface area contributed by atoms with E-state index in [-0.39, 0.29) is 5.91 Å². The van der Waals surface area contributed by atoms with Crippen molar-refractivity contribution < 1.29 is 4.79 Å². The van der Waals surface area contributed by atoms with Crippen LogP contribution < -0.4 is 0 Å². The summed E-state index contributed by atoms with van der Waals surface area (Å²) in [6.45, 7) is 2.73. The number of benzene rings is 1. The summed E-state index contributed by atoms with van der Waals surface area (Å²) in [5.41, 5.74) is 3.39. The van der Waals surface area contributed by atoms with Crippen molar-refractivity contribution in [2.45, 2.75) is 38.8 Å². The van der Waals surface area contributed by atoms with Crippen LogP contribution in [-0.2, 0) is 17.8 Å². The lowest BCUT2D eigenvalue weighted by Crippen LogP contribution is -2.33. The first-order chi connectivity index (χ1) is 10.2. The lowest BCUT2D eigenvalue weighted by atomic mass is 10.1. The molecule has 0 aliphatic heterocycles. The first-order valence-corrected chi connectivity index (χ1v) is 7.46. The van der Waals surface area contributed by atoms with E-state index in [1.165, 1.54) is 5.56 Å².